The van der Waals surface area contributed by atoms with Gasteiger partial charge in [-0.15, -0.1) is 10.2 Å². The average Bonchev–Trinajstić information content (AvgIpc) is 3.50. The third-order valence-electron chi connectivity index (χ3n) is 5.71. The van der Waals surface area contributed by atoms with Gasteiger partial charge in [0, 0.05) is 29.4 Å². The Hall–Kier alpha value is -4.11. The highest BCUT2D eigenvalue weighted by atomic mass is 19.3. The lowest BCUT2D eigenvalue weighted by Gasteiger charge is -2.21. The molecule has 1 aliphatic heterocycles. The molecule has 1 amide bonds. The number of amides is 1. The highest BCUT2D eigenvalue weighted by molar-refractivity contribution is 6.12. The Labute approximate surface area is 199 Å². The lowest BCUT2D eigenvalue weighted by molar-refractivity contribution is 0.0996. The molecule has 3 aromatic carbocycles. The van der Waals surface area contributed by atoms with E-state index in [2.05, 4.69) is 10.2 Å². The van der Waals surface area contributed by atoms with Crippen LogP contribution in [0.1, 0.15) is 28.2 Å². The Morgan fingerprint density at radius 3 is 2.51 bits per heavy atom. The topological polar surface area (TPSA) is 77.7 Å². The predicted molar refractivity (Wildman–Crippen MR) is 124 cm³/mol. The molecule has 1 aromatic heterocycles. The molecule has 1 aliphatic rings. The first kappa shape index (κ1) is 22.7. The fourth-order valence-corrected chi connectivity index (χ4v) is 4.05. The van der Waals surface area contributed by atoms with Crippen LogP contribution >= 0.6 is 0 Å². The number of hydrogen-bond acceptors (Lipinski definition) is 6. The van der Waals surface area contributed by atoms with E-state index in [4.69, 9.17) is 13.9 Å². The minimum atomic E-state index is -2.86. The van der Waals surface area contributed by atoms with Crippen LogP contribution in [-0.2, 0) is 11.3 Å². The molecular formula is C26H21F2N3O4. The minimum absolute atomic E-state index is 0.0584. The largest absolute Gasteiger partial charge is 0.491 e. The Bertz CT molecular complexity index is 1370. The number of rotatable bonds is 8. The second-order valence-corrected chi connectivity index (χ2v) is 7.86. The van der Waals surface area contributed by atoms with Crippen molar-refractivity contribution in [2.45, 2.75) is 13.0 Å². The van der Waals surface area contributed by atoms with Crippen LogP contribution in [0.5, 0.6) is 5.75 Å². The van der Waals surface area contributed by atoms with Gasteiger partial charge in [-0.1, -0.05) is 42.5 Å². The van der Waals surface area contributed by atoms with Crippen LogP contribution in [0.25, 0.3) is 22.6 Å². The Morgan fingerprint density at radius 2 is 1.74 bits per heavy atom. The predicted octanol–water partition coefficient (Wildman–Crippen LogP) is 5.53. The van der Waals surface area contributed by atoms with Gasteiger partial charge in [-0.05, 0) is 29.8 Å². The summed E-state index contributed by atoms with van der Waals surface area (Å²) in [5, 5.41) is 7.05. The first-order valence-corrected chi connectivity index (χ1v) is 10.9. The number of carbonyl (C=O) groups excluding carboxylic acids is 1. The molecule has 0 N–H and O–H groups in total. The monoisotopic (exact) mass is 477 g/mol. The van der Waals surface area contributed by atoms with E-state index in [0.29, 0.717) is 36.6 Å². The van der Waals surface area contributed by atoms with Gasteiger partial charge in [-0.25, -0.2) is 0 Å². The molecule has 35 heavy (non-hydrogen) atoms. The fraction of sp³-hybridized carbons (Fsp3) is 0.192. The number of alkyl halides is 2. The van der Waals surface area contributed by atoms with Crippen LogP contribution in [0.15, 0.2) is 71.1 Å². The van der Waals surface area contributed by atoms with Crippen molar-refractivity contribution >= 4 is 11.6 Å². The summed E-state index contributed by atoms with van der Waals surface area (Å²) in [6, 6.07) is 20.3. The van der Waals surface area contributed by atoms with E-state index in [1.165, 1.54) is 0 Å². The number of halogens is 2. The molecule has 0 saturated carbocycles. The van der Waals surface area contributed by atoms with Gasteiger partial charge < -0.3 is 18.8 Å². The molecule has 2 heterocycles. The van der Waals surface area contributed by atoms with E-state index in [1.54, 1.807) is 30.2 Å². The minimum Gasteiger partial charge on any atom is -0.491 e. The summed E-state index contributed by atoms with van der Waals surface area (Å²) in [5.41, 5.74) is 4.11. The smallest absolute Gasteiger partial charge is 0.314 e. The number of fused-ring (bicyclic) bond motifs is 1. The molecule has 0 fully saturated rings. The molecular weight excluding hydrogens is 456 g/mol. The number of carbonyl (C=O) groups is 1. The Balaban J connectivity index is 1.48. The van der Waals surface area contributed by atoms with Crippen molar-refractivity contribution in [3.8, 4) is 28.3 Å². The number of hydrogen-bond donors (Lipinski definition) is 0. The molecule has 0 saturated heterocycles. The van der Waals surface area contributed by atoms with Crippen LogP contribution in [0.2, 0.25) is 0 Å². The summed E-state index contributed by atoms with van der Waals surface area (Å²) < 4.78 is 41.7. The number of nitrogens with zero attached hydrogens (tertiary/aromatic N) is 3. The van der Waals surface area contributed by atoms with Crippen molar-refractivity contribution in [2.75, 3.05) is 25.2 Å². The second kappa shape index (κ2) is 9.63. The summed E-state index contributed by atoms with van der Waals surface area (Å²) in [5.74, 6) is -0.332. The SMILES string of the molecule is COCCOc1ccccc1-c1ccccc1N1Cc2ccc(-c3nnc(C(F)F)o3)cc2C1=O. The third kappa shape index (κ3) is 4.38. The second-order valence-electron chi connectivity index (χ2n) is 7.86. The standard InChI is InChI=1S/C26H21F2N3O4/c1-33-12-13-34-22-9-5-3-7-19(22)18-6-2-4-8-21(18)31-15-17-11-10-16(14-20(17)26(31)32)24-29-30-25(35-24)23(27)28/h2-11,14,23H,12-13,15H2,1H3. The number of aromatic nitrogens is 2. The molecule has 7 nitrogen and oxygen atoms in total. The van der Waals surface area contributed by atoms with Gasteiger partial charge in [-0.2, -0.15) is 8.78 Å². The Morgan fingerprint density at radius 1 is 0.971 bits per heavy atom. The van der Waals surface area contributed by atoms with Gasteiger partial charge in [0.15, 0.2) is 0 Å². The lowest BCUT2D eigenvalue weighted by Crippen LogP contribution is -2.23. The normalized spacial score (nSPS) is 12.9. The summed E-state index contributed by atoms with van der Waals surface area (Å²) in [4.78, 5) is 15.2. The molecule has 0 bridgehead atoms. The Kier molecular flexibility index (Phi) is 6.24. The summed E-state index contributed by atoms with van der Waals surface area (Å²) in [6.07, 6.45) is -2.86. The molecule has 0 aliphatic carbocycles. The van der Waals surface area contributed by atoms with Crippen LogP contribution < -0.4 is 9.64 Å². The maximum atomic E-state index is 13.5. The number of para-hydroxylation sites is 2. The maximum absolute atomic E-state index is 13.5. The van der Waals surface area contributed by atoms with Gasteiger partial charge in [0.1, 0.15) is 12.4 Å². The number of benzene rings is 3. The van der Waals surface area contributed by atoms with E-state index in [1.807, 2.05) is 48.5 Å². The molecule has 178 valence electrons. The highest BCUT2D eigenvalue weighted by Gasteiger charge is 2.31. The van der Waals surface area contributed by atoms with Crippen LogP contribution in [0.3, 0.4) is 0 Å². The molecule has 0 spiro atoms. The van der Waals surface area contributed by atoms with Gasteiger partial charge in [0.25, 0.3) is 11.8 Å². The molecule has 5 rings (SSSR count). The van der Waals surface area contributed by atoms with Crippen LogP contribution in [0, 0.1) is 0 Å². The molecule has 0 unspecified atom stereocenters. The average molecular weight is 477 g/mol. The van der Waals surface area contributed by atoms with E-state index in [-0.39, 0.29) is 11.8 Å². The summed E-state index contributed by atoms with van der Waals surface area (Å²) >= 11 is 0. The lowest BCUT2D eigenvalue weighted by atomic mass is 10.0. The van der Waals surface area contributed by atoms with E-state index in [0.717, 1.165) is 22.4 Å². The summed E-state index contributed by atoms with van der Waals surface area (Å²) in [7, 11) is 1.61. The van der Waals surface area contributed by atoms with Crippen molar-refractivity contribution in [2.24, 2.45) is 0 Å². The highest BCUT2D eigenvalue weighted by Crippen LogP contribution is 2.40. The van der Waals surface area contributed by atoms with Gasteiger partial charge >= 0.3 is 6.43 Å². The zero-order valence-electron chi connectivity index (χ0n) is 18.8. The van der Waals surface area contributed by atoms with Crippen molar-refractivity contribution < 1.29 is 27.5 Å². The van der Waals surface area contributed by atoms with Crippen molar-refractivity contribution in [1.82, 2.24) is 10.2 Å². The quantitative estimate of drug-likeness (QED) is 0.311. The maximum Gasteiger partial charge on any atom is 0.314 e. The van der Waals surface area contributed by atoms with Crippen LogP contribution in [0.4, 0.5) is 14.5 Å². The summed E-state index contributed by atoms with van der Waals surface area (Å²) in [6.45, 7) is 1.22. The van der Waals surface area contributed by atoms with Crippen molar-refractivity contribution in [3.63, 3.8) is 0 Å². The van der Waals surface area contributed by atoms with Crippen molar-refractivity contribution in [1.29, 1.82) is 0 Å². The molecule has 9 heteroatoms. The molecule has 0 radical (unpaired) electrons. The fourth-order valence-electron chi connectivity index (χ4n) is 4.05. The van der Waals surface area contributed by atoms with Crippen LogP contribution in [-0.4, -0.2) is 36.4 Å². The zero-order chi connectivity index (χ0) is 24.4. The molecule has 4 aromatic rings. The third-order valence-corrected chi connectivity index (χ3v) is 5.71. The first-order valence-electron chi connectivity index (χ1n) is 10.9. The zero-order valence-corrected chi connectivity index (χ0v) is 18.8. The van der Waals surface area contributed by atoms with Crippen molar-refractivity contribution in [3.05, 3.63) is 83.7 Å². The number of methoxy groups -OCH3 is 1. The van der Waals surface area contributed by atoms with Gasteiger partial charge in [0.2, 0.25) is 5.89 Å². The van der Waals surface area contributed by atoms with E-state index < -0.39 is 12.3 Å². The van der Waals surface area contributed by atoms with Gasteiger partial charge in [0.05, 0.1) is 18.8 Å². The van der Waals surface area contributed by atoms with E-state index >= 15 is 0 Å². The van der Waals surface area contributed by atoms with E-state index in [9.17, 15) is 13.6 Å². The number of ether oxygens (including phenoxy) is 2. The number of anilines is 1. The molecule has 0 atom stereocenters. The first-order chi connectivity index (χ1) is 17.1. The van der Waals surface area contributed by atoms with Gasteiger partial charge in [-0.3, -0.25) is 4.79 Å².